The topological polar surface area (TPSA) is 41.6 Å². The van der Waals surface area contributed by atoms with Crippen LogP contribution >= 0.6 is 0 Å². The van der Waals surface area contributed by atoms with Crippen molar-refractivity contribution in [1.29, 1.82) is 0 Å². The van der Waals surface area contributed by atoms with Gasteiger partial charge in [0.2, 0.25) is 0 Å². The van der Waals surface area contributed by atoms with Crippen molar-refractivity contribution >= 4 is 5.91 Å². The zero-order chi connectivity index (χ0) is 13.8. The van der Waals surface area contributed by atoms with Gasteiger partial charge in [-0.05, 0) is 18.2 Å². The SMILES string of the molecule is CN(CC1CNCCO1)C(=O)c1ccc(F)c(F)c1. The van der Waals surface area contributed by atoms with Crippen LogP contribution in [0.15, 0.2) is 18.2 Å². The van der Waals surface area contributed by atoms with Crippen LogP contribution in [0.1, 0.15) is 10.4 Å². The number of hydrogen-bond acceptors (Lipinski definition) is 3. The number of hydrogen-bond donors (Lipinski definition) is 1. The molecule has 104 valence electrons. The summed E-state index contributed by atoms with van der Waals surface area (Å²) in [5, 5.41) is 3.16. The Morgan fingerprint density at radius 3 is 2.89 bits per heavy atom. The van der Waals surface area contributed by atoms with Crippen molar-refractivity contribution in [2.45, 2.75) is 6.10 Å². The second kappa shape index (κ2) is 6.08. The maximum absolute atomic E-state index is 13.1. The van der Waals surface area contributed by atoms with Gasteiger partial charge >= 0.3 is 0 Å². The van der Waals surface area contributed by atoms with Gasteiger partial charge in [0.25, 0.3) is 5.91 Å². The highest BCUT2D eigenvalue weighted by Crippen LogP contribution is 2.11. The number of carbonyl (C=O) groups excluding carboxylic acids is 1. The Hall–Kier alpha value is -1.53. The Balaban J connectivity index is 1.99. The van der Waals surface area contributed by atoms with E-state index >= 15 is 0 Å². The van der Waals surface area contributed by atoms with Crippen LogP contribution in [-0.4, -0.2) is 50.2 Å². The molecule has 0 bridgehead atoms. The van der Waals surface area contributed by atoms with Gasteiger partial charge in [0.1, 0.15) is 0 Å². The van der Waals surface area contributed by atoms with Gasteiger partial charge in [-0.1, -0.05) is 0 Å². The first kappa shape index (κ1) is 13.9. The van der Waals surface area contributed by atoms with Gasteiger partial charge in [-0.2, -0.15) is 0 Å². The lowest BCUT2D eigenvalue weighted by Crippen LogP contribution is -2.45. The molecule has 0 aromatic heterocycles. The Kier molecular flexibility index (Phi) is 4.44. The Morgan fingerprint density at radius 1 is 1.47 bits per heavy atom. The molecule has 0 aliphatic carbocycles. The van der Waals surface area contributed by atoms with Gasteiger partial charge < -0.3 is 15.0 Å². The van der Waals surface area contributed by atoms with E-state index in [-0.39, 0.29) is 17.6 Å². The van der Waals surface area contributed by atoms with Crippen molar-refractivity contribution in [1.82, 2.24) is 10.2 Å². The molecule has 1 saturated heterocycles. The molecule has 0 saturated carbocycles. The van der Waals surface area contributed by atoms with E-state index in [9.17, 15) is 13.6 Å². The third kappa shape index (κ3) is 3.48. The minimum atomic E-state index is -1.02. The fourth-order valence-corrected chi connectivity index (χ4v) is 1.97. The third-order valence-electron chi connectivity index (χ3n) is 3.00. The van der Waals surface area contributed by atoms with E-state index in [2.05, 4.69) is 5.32 Å². The Bertz CT molecular complexity index is 462. The lowest BCUT2D eigenvalue weighted by molar-refractivity contribution is 0.0104. The maximum Gasteiger partial charge on any atom is 0.253 e. The highest BCUT2D eigenvalue weighted by Gasteiger charge is 2.20. The van der Waals surface area contributed by atoms with Crippen molar-refractivity contribution in [3.63, 3.8) is 0 Å². The number of benzene rings is 1. The zero-order valence-corrected chi connectivity index (χ0v) is 10.7. The van der Waals surface area contributed by atoms with Crippen LogP contribution in [-0.2, 0) is 4.74 Å². The minimum Gasteiger partial charge on any atom is -0.374 e. The number of ether oxygens (including phenoxy) is 1. The van der Waals surface area contributed by atoms with Crippen molar-refractivity contribution in [3.8, 4) is 0 Å². The van der Waals surface area contributed by atoms with E-state index in [0.29, 0.717) is 19.7 Å². The predicted octanol–water partition coefficient (Wildman–Crippen LogP) is 1.03. The first-order valence-corrected chi connectivity index (χ1v) is 6.11. The van der Waals surface area contributed by atoms with Crippen LogP contribution in [0.2, 0.25) is 0 Å². The van der Waals surface area contributed by atoms with E-state index in [4.69, 9.17) is 4.74 Å². The molecule has 1 aromatic carbocycles. The number of amides is 1. The molecule has 4 nitrogen and oxygen atoms in total. The first-order chi connectivity index (χ1) is 9.08. The summed E-state index contributed by atoms with van der Waals surface area (Å²) < 4.78 is 31.4. The maximum atomic E-state index is 13.1. The molecular formula is C13H16F2N2O2. The van der Waals surface area contributed by atoms with Gasteiger partial charge in [-0.3, -0.25) is 4.79 Å². The standard InChI is InChI=1S/C13H16F2N2O2/c1-17(8-10-7-16-4-5-19-10)13(18)9-2-3-11(14)12(15)6-9/h2-3,6,10,16H,4-5,7-8H2,1H3. The highest BCUT2D eigenvalue weighted by atomic mass is 19.2. The van der Waals surface area contributed by atoms with E-state index in [0.717, 1.165) is 18.7 Å². The van der Waals surface area contributed by atoms with Crippen LogP contribution in [0.5, 0.6) is 0 Å². The summed E-state index contributed by atoms with van der Waals surface area (Å²) in [5.74, 6) is -2.33. The minimum absolute atomic E-state index is 0.0759. The molecule has 1 atom stereocenters. The number of likely N-dealkylation sites (N-methyl/N-ethyl adjacent to an activating group) is 1. The molecule has 2 rings (SSSR count). The lowest BCUT2D eigenvalue weighted by Gasteiger charge is -2.28. The predicted molar refractivity (Wildman–Crippen MR) is 65.9 cm³/mol. The van der Waals surface area contributed by atoms with Crippen molar-refractivity contribution in [2.24, 2.45) is 0 Å². The van der Waals surface area contributed by atoms with Gasteiger partial charge in [0.15, 0.2) is 11.6 Å². The summed E-state index contributed by atoms with van der Waals surface area (Å²) in [5.41, 5.74) is 0.130. The lowest BCUT2D eigenvalue weighted by atomic mass is 10.2. The molecule has 6 heteroatoms. The van der Waals surface area contributed by atoms with Crippen LogP contribution in [0.25, 0.3) is 0 Å². The highest BCUT2D eigenvalue weighted by molar-refractivity contribution is 5.94. The zero-order valence-electron chi connectivity index (χ0n) is 10.7. The summed E-state index contributed by atoms with van der Waals surface area (Å²) in [7, 11) is 1.61. The van der Waals surface area contributed by atoms with Crippen molar-refractivity contribution < 1.29 is 18.3 Å². The number of nitrogens with one attached hydrogen (secondary N) is 1. The summed E-state index contributed by atoms with van der Waals surface area (Å²) in [6.45, 7) is 2.50. The van der Waals surface area contributed by atoms with Crippen LogP contribution in [0.4, 0.5) is 8.78 Å². The van der Waals surface area contributed by atoms with E-state index in [1.165, 1.54) is 11.0 Å². The van der Waals surface area contributed by atoms with Crippen LogP contribution in [0, 0.1) is 11.6 Å². The van der Waals surface area contributed by atoms with Crippen molar-refractivity contribution in [3.05, 3.63) is 35.4 Å². The summed E-state index contributed by atoms with van der Waals surface area (Å²) >= 11 is 0. The molecule has 1 N–H and O–H groups in total. The van der Waals surface area contributed by atoms with Gasteiger partial charge in [0, 0.05) is 32.2 Å². The van der Waals surface area contributed by atoms with Crippen LogP contribution in [0.3, 0.4) is 0 Å². The van der Waals surface area contributed by atoms with E-state index < -0.39 is 11.6 Å². The molecule has 1 fully saturated rings. The second-order valence-corrected chi connectivity index (χ2v) is 4.51. The van der Waals surface area contributed by atoms with E-state index in [1.807, 2.05) is 0 Å². The molecule has 0 spiro atoms. The van der Waals surface area contributed by atoms with Gasteiger partial charge in [0.05, 0.1) is 12.7 Å². The fraction of sp³-hybridized carbons (Fsp3) is 0.462. The monoisotopic (exact) mass is 270 g/mol. The Morgan fingerprint density at radius 2 is 2.26 bits per heavy atom. The second-order valence-electron chi connectivity index (χ2n) is 4.51. The fourth-order valence-electron chi connectivity index (χ4n) is 1.97. The number of carbonyl (C=O) groups is 1. The average Bonchev–Trinajstić information content (AvgIpc) is 2.42. The summed E-state index contributed by atoms with van der Waals surface area (Å²) in [6, 6.07) is 3.14. The molecule has 1 amide bonds. The number of halogens is 2. The number of rotatable bonds is 3. The van der Waals surface area contributed by atoms with Gasteiger partial charge in [-0.15, -0.1) is 0 Å². The average molecular weight is 270 g/mol. The van der Waals surface area contributed by atoms with E-state index in [1.54, 1.807) is 7.05 Å². The van der Waals surface area contributed by atoms with Gasteiger partial charge in [-0.25, -0.2) is 8.78 Å². The molecule has 0 radical (unpaired) electrons. The van der Waals surface area contributed by atoms with Crippen molar-refractivity contribution in [2.75, 3.05) is 33.3 Å². The third-order valence-corrected chi connectivity index (χ3v) is 3.00. The first-order valence-electron chi connectivity index (χ1n) is 6.11. The molecule has 19 heavy (non-hydrogen) atoms. The molecular weight excluding hydrogens is 254 g/mol. The smallest absolute Gasteiger partial charge is 0.253 e. The number of nitrogens with zero attached hydrogens (tertiary/aromatic N) is 1. The summed E-state index contributed by atoms with van der Waals surface area (Å²) in [4.78, 5) is 13.5. The Labute approximate surface area is 110 Å². The molecule has 1 unspecified atom stereocenters. The largest absolute Gasteiger partial charge is 0.374 e. The molecule has 1 heterocycles. The molecule has 1 aromatic rings. The normalized spacial score (nSPS) is 19.2. The van der Waals surface area contributed by atoms with Crippen LogP contribution < -0.4 is 5.32 Å². The molecule has 1 aliphatic rings. The summed E-state index contributed by atoms with van der Waals surface area (Å²) in [6.07, 6.45) is -0.0759. The quantitative estimate of drug-likeness (QED) is 0.892. The number of morpholine rings is 1. The molecule has 1 aliphatic heterocycles.